The molecule has 1 heterocycles. The number of aromatic amines is 1. The molecule has 0 bridgehead atoms. The summed E-state index contributed by atoms with van der Waals surface area (Å²) >= 11 is 0. The van der Waals surface area contributed by atoms with Crippen molar-refractivity contribution >= 4 is 10.0 Å². The molecule has 8 heteroatoms. The van der Waals surface area contributed by atoms with Crippen LogP contribution in [0.25, 0.3) is 0 Å². The molecular weight excluding hydrogens is 292 g/mol. The van der Waals surface area contributed by atoms with Crippen molar-refractivity contribution in [2.45, 2.75) is 17.9 Å². The van der Waals surface area contributed by atoms with Gasteiger partial charge in [0, 0.05) is 31.9 Å². The van der Waals surface area contributed by atoms with E-state index in [0.29, 0.717) is 6.42 Å². The molecule has 0 saturated heterocycles. The first-order chi connectivity index (χ1) is 10.1. The SMILES string of the molecule is COc1ccc(CN)cc1S(=O)(=O)NCCc1ncc[nH]1. The summed E-state index contributed by atoms with van der Waals surface area (Å²) in [5.74, 6) is 1.01. The summed E-state index contributed by atoms with van der Waals surface area (Å²) in [5.41, 5.74) is 6.27. The van der Waals surface area contributed by atoms with Gasteiger partial charge >= 0.3 is 0 Å². The van der Waals surface area contributed by atoms with Crippen molar-refractivity contribution < 1.29 is 13.2 Å². The number of sulfonamides is 1. The molecule has 0 aliphatic rings. The molecule has 0 amide bonds. The molecule has 0 spiro atoms. The summed E-state index contributed by atoms with van der Waals surface area (Å²) in [6.07, 6.45) is 3.79. The molecule has 0 unspecified atom stereocenters. The Kier molecular flexibility index (Phi) is 4.94. The van der Waals surface area contributed by atoms with Crippen molar-refractivity contribution in [2.24, 2.45) is 5.73 Å². The highest BCUT2D eigenvalue weighted by atomic mass is 32.2. The minimum atomic E-state index is -3.66. The third-order valence-corrected chi connectivity index (χ3v) is 4.44. The lowest BCUT2D eigenvalue weighted by atomic mass is 10.2. The average Bonchev–Trinajstić information content (AvgIpc) is 2.99. The van der Waals surface area contributed by atoms with E-state index in [0.717, 1.165) is 11.4 Å². The molecular formula is C13H18N4O3S. The average molecular weight is 310 g/mol. The number of rotatable bonds is 7. The summed E-state index contributed by atoms with van der Waals surface area (Å²) in [4.78, 5) is 7.05. The van der Waals surface area contributed by atoms with Crippen LogP contribution in [0, 0.1) is 0 Å². The number of hydrogen-bond acceptors (Lipinski definition) is 5. The zero-order chi connectivity index (χ0) is 15.3. The summed E-state index contributed by atoms with van der Waals surface area (Å²) in [5, 5.41) is 0. The fourth-order valence-electron chi connectivity index (χ4n) is 1.87. The fraction of sp³-hybridized carbons (Fsp3) is 0.308. The summed E-state index contributed by atoms with van der Waals surface area (Å²) in [6, 6.07) is 4.86. The number of methoxy groups -OCH3 is 1. The number of ether oxygens (including phenoxy) is 1. The van der Waals surface area contributed by atoms with Crippen molar-refractivity contribution in [3.63, 3.8) is 0 Å². The lowest BCUT2D eigenvalue weighted by Gasteiger charge is -2.11. The normalized spacial score (nSPS) is 11.5. The van der Waals surface area contributed by atoms with Gasteiger partial charge in [-0.25, -0.2) is 18.1 Å². The maximum absolute atomic E-state index is 12.3. The number of H-pyrrole nitrogens is 1. The van der Waals surface area contributed by atoms with Crippen LogP contribution in [0.3, 0.4) is 0 Å². The zero-order valence-electron chi connectivity index (χ0n) is 11.7. The van der Waals surface area contributed by atoms with Crippen molar-refractivity contribution in [1.82, 2.24) is 14.7 Å². The highest BCUT2D eigenvalue weighted by molar-refractivity contribution is 7.89. The standard InChI is InChI=1S/C13H18N4O3S/c1-20-11-3-2-10(9-14)8-12(11)21(18,19)17-5-4-13-15-6-7-16-13/h2-3,6-8,17H,4-5,9,14H2,1H3,(H,15,16). The Balaban J connectivity index is 2.14. The molecule has 2 aromatic rings. The van der Waals surface area contributed by atoms with Crippen LogP contribution in [0.15, 0.2) is 35.5 Å². The molecule has 4 N–H and O–H groups in total. The largest absolute Gasteiger partial charge is 0.495 e. The van der Waals surface area contributed by atoms with Crippen molar-refractivity contribution in [3.8, 4) is 5.75 Å². The second kappa shape index (κ2) is 6.70. The summed E-state index contributed by atoms with van der Waals surface area (Å²) in [6.45, 7) is 0.505. The second-order valence-corrected chi connectivity index (χ2v) is 6.11. The maximum atomic E-state index is 12.3. The van der Waals surface area contributed by atoms with Crippen LogP contribution in [0.1, 0.15) is 11.4 Å². The number of nitrogens with two attached hydrogens (primary N) is 1. The molecule has 0 aliphatic carbocycles. The minimum Gasteiger partial charge on any atom is -0.495 e. The van der Waals surface area contributed by atoms with Gasteiger partial charge in [-0.1, -0.05) is 6.07 Å². The third-order valence-electron chi connectivity index (χ3n) is 2.96. The Morgan fingerprint density at radius 2 is 2.24 bits per heavy atom. The van der Waals surface area contributed by atoms with Gasteiger partial charge in [0.2, 0.25) is 10.0 Å². The monoisotopic (exact) mass is 310 g/mol. The molecule has 1 aromatic heterocycles. The van der Waals surface area contributed by atoms with E-state index < -0.39 is 10.0 Å². The predicted octanol–water partition coefficient (Wildman–Crippen LogP) is 0.398. The van der Waals surface area contributed by atoms with Gasteiger partial charge in [0.25, 0.3) is 0 Å². The quantitative estimate of drug-likeness (QED) is 0.685. The van der Waals surface area contributed by atoms with Gasteiger partial charge in [0.1, 0.15) is 16.5 Å². The molecule has 1 aromatic carbocycles. The molecule has 2 rings (SSSR count). The van der Waals surface area contributed by atoms with Gasteiger partial charge in [-0.05, 0) is 17.7 Å². The third kappa shape index (κ3) is 3.81. The molecule has 0 saturated carbocycles. The van der Waals surface area contributed by atoms with E-state index in [-0.39, 0.29) is 23.7 Å². The number of hydrogen-bond donors (Lipinski definition) is 3. The lowest BCUT2D eigenvalue weighted by molar-refractivity contribution is 0.402. The van der Waals surface area contributed by atoms with E-state index in [9.17, 15) is 8.42 Å². The van der Waals surface area contributed by atoms with Crippen molar-refractivity contribution in [2.75, 3.05) is 13.7 Å². The smallest absolute Gasteiger partial charge is 0.244 e. The van der Waals surface area contributed by atoms with Gasteiger partial charge in [-0.3, -0.25) is 0 Å². The van der Waals surface area contributed by atoms with Crippen molar-refractivity contribution in [3.05, 3.63) is 42.0 Å². The van der Waals surface area contributed by atoms with Gasteiger partial charge in [0.15, 0.2) is 0 Å². The van der Waals surface area contributed by atoms with E-state index >= 15 is 0 Å². The van der Waals surface area contributed by atoms with Gasteiger partial charge in [-0.2, -0.15) is 0 Å². The van der Waals surface area contributed by atoms with E-state index in [4.69, 9.17) is 10.5 Å². The van der Waals surface area contributed by atoms with E-state index in [1.54, 1.807) is 24.5 Å². The number of imidazole rings is 1. The molecule has 0 aliphatic heterocycles. The van der Waals surface area contributed by atoms with Crippen LogP contribution in [0.5, 0.6) is 5.75 Å². The first-order valence-electron chi connectivity index (χ1n) is 6.41. The Morgan fingerprint density at radius 3 is 2.86 bits per heavy atom. The first kappa shape index (κ1) is 15.5. The molecule has 0 atom stereocenters. The summed E-state index contributed by atoms with van der Waals surface area (Å²) in [7, 11) is -2.23. The number of benzene rings is 1. The van der Waals surface area contributed by atoms with Crippen LogP contribution in [-0.4, -0.2) is 32.0 Å². The Hall–Kier alpha value is -1.90. The van der Waals surface area contributed by atoms with Gasteiger partial charge in [0.05, 0.1) is 7.11 Å². The molecule has 0 fully saturated rings. The van der Waals surface area contributed by atoms with Crippen LogP contribution in [-0.2, 0) is 23.0 Å². The van der Waals surface area contributed by atoms with Gasteiger partial charge < -0.3 is 15.5 Å². The van der Waals surface area contributed by atoms with Crippen molar-refractivity contribution in [1.29, 1.82) is 0 Å². The molecule has 0 radical (unpaired) electrons. The number of nitrogens with zero attached hydrogens (tertiary/aromatic N) is 1. The van der Waals surface area contributed by atoms with E-state index in [1.807, 2.05) is 0 Å². The van der Waals surface area contributed by atoms with E-state index in [2.05, 4.69) is 14.7 Å². The second-order valence-electron chi connectivity index (χ2n) is 4.37. The fourth-order valence-corrected chi connectivity index (χ4v) is 3.12. The van der Waals surface area contributed by atoms with Crippen LogP contribution in [0.2, 0.25) is 0 Å². The molecule has 114 valence electrons. The predicted molar refractivity (Wildman–Crippen MR) is 78.4 cm³/mol. The summed E-state index contributed by atoms with van der Waals surface area (Å²) < 4.78 is 32.3. The highest BCUT2D eigenvalue weighted by Gasteiger charge is 2.19. The number of aromatic nitrogens is 2. The molecule has 21 heavy (non-hydrogen) atoms. The highest BCUT2D eigenvalue weighted by Crippen LogP contribution is 2.24. The minimum absolute atomic E-state index is 0.0902. The maximum Gasteiger partial charge on any atom is 0.244 e. The Labute approximate surface area is 123 Å². The van der Waals surface area contributed by atoms with Crippen LogP contribution < -0.4 is 15.2 Å². The van der Waals surface area contributed by atoms with Gasteiger partial charge in [-0.15, -0.1) is 0 Å². The van der Waals surface area contributed by atoms with Crippen LogP contribution >= 0.6 is 0 Å². The topological polar surface area (TPSA) is 110 Å². The Bertz CT molecular complexity index is 683. The van der Waals surface area contributed by atoms with E-state index in [1.165, 1.54) is 13.2 Å². The zero-order valence-corrected chi connectivity index (χ0v) is 12.5. The Morgan fingerprint density at radius 1 is 1.43 bits per heavy atom. The molecule has 7 nitrogen and oxygen atoms in total. The number of nitrogens with one attached hydrogen (secondary N) is 2. The lowest BCUT2D eigenvalue weighted by Crippen LogP contribution is -2.26. The first-order valence-corrected chi connectivity index (χ1v) is 7.90. The van der Waals surface area contributed by atoms with Crippen LogP contribution in [0.4, 0.5) is 0 Å².